The Hall–Kier alpha value is -2.42. The second-order valence-electron chi connectivity index (χ2n) is 8.70. The van der Waals surface area contributed by atoms with Crippen molar-refractivity contribution in [3.8, 4) is 22.3 Å². The molecular weight excluding hydrogens is 392 g/mol. The van der Waals surface area contributed by atoms with Gasteiger partial charge in [-0.15, -0.1) is 0 Å². The van der Waals surface area contributed by atoms with Crippen LogP contribution in [0.2, 0.25) is 0 Å². The first-order chi connectivity index (χ1) is 15.8. The lowest BCUT2D eigenvalue weighted by Crippen LogP contribution is -2.05. The van der Waals surface area contributed by atoms with Gasteiger partial charge in [-0.2, -0.15) is 0 Å². The van der Waals surface area contributed by atoms with Crippen molar-refractivity contribution >= 4 is 0 Å². The average Bonchev–Trinajstić information content (AvgIpc) is 2.85. The van der Waals surface area contributed by atoms with Crippen LogP contribution in [0.5, 0.6) is 0 Å². The lowest BCUT2D eigenvalue weighted by molar-refractivity contribution is 0.277. The summed E-state index contributed by atoms with van der Waals surface area (Å²) in [5, 5.41) is 20.7. The third kappa shape index (κ3) is 6.31. The average molecular weight is 431 g/mol. The first-order valence-electron chi connectivity index (χ1n) is 12.3. The van der Waals surface area contributed by atoms with Gasteiger partial charge in [-0.25, -0.2) is 0 Å². The molecule has 2 heteroatoms. The molecule has 170 valence electrons. The van der Waals surface area contributed by atoms with Gasteiger partial charge in [0.25, 0.3) is 0 Å². The SMILES string of the molecule is CCCCCCCCCCc1cc(CO)c(-c2ccccc2)c(-c2ccccc2)c1CO. The number of unbranched alkanes of at least 4 members (excludes halogenated alkanes) is 7. The van der Waals surface area contributed by atoms with Crippen molar-refractivity contribution in [3.63, 3.8) is 0 Å². The molecule has 2 N–H and O–H groups in total. The van der Waals surface area contributed by atoms with Crippen molar-refractivity contribution in [2.75, 3.05) is 0 Å². The van der Waals surface area contributed by atoms with Crippen LogP contribution < -0.4 is 0 Å². The summed E-state index contributed by atoms with van der Waals surface area (Å²) >= 11 is 0. The number of hydrogen-bond donors (Lipinski definition) is 2. The minimum atomic E-state index is -0.0137. The molecule has 0 heterocycles. The molecule has 0 aliphatic carbocycles. The zero-order valence-electron chi connectivity index (χ0n) is 19.5. The number of aliphatic hydroxyl groups is 2. The third-order valence-electron chi connectivity index (χ3n) is 6.36. The largest absolute Gasteiger partial charge is 0.392 e. The smallest absolute Gasteiger partial charge is 0.0690 e. The normalized spacial score (nSPS) is 11.1. The van der Waals surface area contributed by atoms with Gasteiger partial charge in [0.15, 0.2) is 0 Å². The van der Waals surface area contributed by atoms with Crippen LogP contribution in [-0.2, 0) is 19.6 Å². The Morgan fingerprint density at radius 3 is 1.62 bits per heavy atom. The van der Waals surface area contributed by atoms with Crippen LogP contribution in [0.3, 0.4) is 0 Å². The second-order valence-corrected chi connectivity index (χ2v) is 8.70. The number of hydrogen-bond acceptors (Lipinski definition) is 2. The Morgan fingerprint density at radius 1 is 0.562 bits per heavy atom. The van der Waals surface area contributed by atoms with Crippen molar-refractivity contribution < 1.29 is 10.2 Å². The fraction of sp³-hybridized carbons (Fsp3) is 0.400. The number of aliphatic hydroxyl groups excluding tert-OH is 2. The Bertz CT molecular complexity index is 932. The van der Waals surface area contributed by atoms with Crippen molar-refractivity contribution in [2.24, 2.45) is 0 Å². The van der Waals surface area contributed by atoms with E-state index < -0.39 is 0 Å². The van der Waals surface area contributed by atoms with E-state index in [-0.39, 0.29) is 13.2 Å². The monoisotopic (exact) mass is 430 g/mol. The summed E-state index contributed by atoms with van der Waals surface area (Å²) in [6.45, 7) is 2.24. The molecule has 0 unspecified atom stereocenters. The summed E-state index contributed by atoms with van der Waals surface area (Å²) in [4.78, 5) is 0. The van der Waals surface area contributed by atoms with E-state index >= 15 is 0 Å². The van der Waals surface area contributed by atoms with Crippen molar-refractivity contribution in [1.29, 1.82) is 0 Å². The molecule has 0 aliphatic heterocycles. The molecule has 0 atom stereocenters. The van der Waals surface area contributed by atoms with Crippen LogP contribution in [0, 0.1) is 0 Å². The fourth-order valence-electron chi connectivity index (χ4n) is 4.68. The van der Waals surface area contributed by atoms with Crippen molar-refractivity contribution in [1.82, 2.24) is 0 Å². The van der Waals surface area contributed by atoms with E-state index in [0.29, 0.717) is 0 Å². The zero-order chi connectivity index (χ0) is 22.6. The molecule has 0 amide bonds. The number of rotatable bonds is 13. The van der Waals surface area contributed by atoms with E-state index in [2.05, 4.69) is 37.3 Å². The molecule has 0 bridgehead atoms. The Balaban J connectivity index is 1.90. The molecule has 3 aromatic carbocycles. The Labute approximate surface area is 194 Å². The highest BCUT2D eigenvalue weighted by Gasteiger charge is 2.19. The highest BCUT2D eigenvalue weighted by molar-refractivity contribution is 5.88. The van der Waals surface area contributed by atoms with Gasteiger partial charge >= 0.3 is 0 Å². The van der Waals surface area contributed by atoms with Gasteiger partial charge in [-0.3, -0.25) is 0 Å². The van der Waals surface area contributed by atoms with Crippen LogP contribution in [-0.4, -0.2) is 10.2 Å². The zero-order valence-corrected chi connectivity index (χ0v) is 19.5. The summed E-state index contributed by atoms with van der Waals surface area (Å²) < 4.78 is 0. The summed E-state index contributed by atoms with van der Waals surface area (Å²) in [6.07, 6.45) is 11.2. The van der Waals surface area contributed by atoms with Crippen molar-refractivity contribution in [2.45, 2.75) is 77.9 Å². The van der Waals surface area contributed by atoms with Crippen molar-refractivity contribution in [3.05, 3.63) is 83.4 Å². The molecule has 0 saturated carbocycles. The predicted molar refractivity (Wildman–Crippen MR) is 135 cm³/mol. The quantitative estimate of drug-likeness (QED) is 0.273. The number of aryl methyl sites for hydroxylation is 1. The molecule has 0 aliphatic rings. The summed E-state index contributed by atoms with van der Waals surface area (Å²) in [5.41, 5.74) is 7.34. The first-order valence-corrected chi connectivity index (χ1v) is 12.3. The molecule has 0 fully saturated rings. The lowest BCUT2D eigenvalue weighted by Gasteiger charge is -2.22. The van der Waals surface area contributed by atoms with Gasteiger partial charge in [-0.1, -0.05) is 119 Å². The molecule has 0 saturated heterocycles. The van der Waals surface area contributed by atoms with E-state index in [4.69, 9.17) is 0 Å². The van der Waals surface area contributed by atoms with E-state index in [9.17, 15) is 10.2 Å². The molecule has 0 radical (unpaired) electrons. The maximum atomic E-state index is 10.5. The Morgan fingerprint density at radius 2 is 1.09 bits per heavy atom. The molecule has 2 nitrogen and oxygen atoms in total. The van der Waals surface area contributed by atoms with E-state index in [1.54, 1.807) is 0 Å². The fourth-order valence-corrected chi connectivity index (χ4v) is 4.68. The van der Waals surface area contributed by atoms with Gasteiger partial charge < -0.3 is 10.2 Å². The van der Waals surface area contributed by atoms with Crippen LogP contribution in [0.1, 0.15) is 75.0 Å². The van der Waals surface area contributed by atoms with Gasteiger partial charge in [-0.05, 0) is 51.8 Å². The van der Waals surface area contributed by atoms with Crippen LogP contribution in [0.25, 0.3) is 22.3 Å². The highest BCUT2D eigenvalue weighted by atomic mass is 16.3. The summed E-state index contributed by atoms with van der Waals surface area (Å²) in [5.74, 6) is 0. The van der Waals surface area contributed by atoms with Gasteiger partial charge in [0, 0.05) is 0 Å². The Kier molecular flexibility index (Phi) is 9.99. The second kappa shape index (κ2) is 13.2. The van der Waals surface area contributed by atoms with Crippen LogP contribution >= 0.6 is 0 Å². The first kappa shape index (κ1) is 24.2. The molecule has 3 rings (SSSR count). The topological polar surface area (TPSA) is 40.5 Å². The molecule has 0 aromatic heterocycles. The molecule has 0 spiro atoms. The lowest BCUT2D eigenvalue weighted by atomic mass is 9.83. The van der Waals surface area contributed by atoms with Gasteiger partial charge in [0.2, 0.25) is 0 Å². The summed E-state index contributed by atoms with van der Waals surface area (Å²) in [6, 6.07) is 22.6. The van der Waals surface area contributed by atoms with Crippen LogP contribution in [0.4, 0.5) is 0 Å². The van der Waals surface area contributed by atoms with E-state index in [0.717, 1.165) is 46.2 Å². The number of benzene rings is 3. The van der Waals surface area contributed by atoms with Crippen LogP contribution in [0.15, 0.2) is 66.7 Å². The standard InChI is InChI=1S/C30H38O2/c1-2-3-4-5-6-7-8-11-20-26-21-27(22-31)29(24-16-12-9-13-17-24)30(28(26)23-32)25-18-14-10-15-19-25/h9-10,12-19,21,31-32H,2-8,11,20,22-23H2,1H3. The summed E-state index contributed by atoms with van der Waals surface area (Å²) in [7, 11) is 0. The molecule has 3 aromatic rings. The maximum absolute atomic E-state index is 10.5. The highest BCUT2D eigenvalue weighted by Crippen LogP contribution is 2.40. The third-order valence-corrected chi connectivity index (χ3v) is 6.36. The maximum Gasteiger partial charge on any atom is 0.0690 e. The minimum absolute atomic E-state index is 0.00210. The molecule has 32 heavy (non-hydrogen) atoms. The predicted octanol–water partition coefficient (Wildman–Crippen LogP) is 7.69. The van der Waals surface area contributed by atoms with Gasteiger partial charge in [0.05, 0.1) is 13.2 Å². The van der Waals surface area contributed by atoms with E-state index in [1.165, 1.54) is 50.5 Å². The molecular formula is C30H38O2. The van der Waals surface area contributed by atoms with Gasteiger partial charge in [0.1, 0.15) is 0 Å². The van der Waals surface area contributed by atoms with E-state index in [1.807, 2.05) is 36.4 Å². The minimum Gasteiger partial charge on any atom is -0.392 e.